The summed E-state index contributed by atoms with van der Waals surface area (Å²) in [6.07, 6.45) is 3.34. The predicted molar refractivity (Wildman–Crippen MR) is 120 cm³/mol. The van der Waals surface area contributed by atoms with Crippen molar-refractivity contribution in [2.75, 3.05) is 5.32 Å². The van der Waals surface area contributed by atoms with Crippen molar-refractivity contribution in [2.45, 2.75) is 64.1 Å². The lowest BCUT2D eigenvalue weighted by molar-refractivity contribution is -0.135. The van der Waals surface area contributed by atoms with Crippen molar-refractivity contribution >= 4 is 23.4 Å². The zero-order valence-electron chi connectivity index (χ0n) is 18.4. The van der Waals surface area contributed by atoms with E-state index in [1.54, 1.807) is 4.90 Å². The van der Waals surface area contributed by atoms with Crippen molar-refractivity contribution < 1.29 is 18.8 Å². The molecule has 0 aromatic heterocycles. The molecule has 1 aliphatic carbocycles. The second kappa shape index (κ2) is 9.10. The fourth-order valence-electron chi connectivity index (χ4n) is 4.68. The monoisotopic (exact) mass is 437 g/mol. The van der Waals surface area contributed by atoms with E-state index in [-0.39, 0.29) is 36.2 Å². The first-order chi connectivity index (χ1) is 15.3. The lowest BCUT2D eigenvalue weighted by Gasteiger charge is -2.48. The zero-order valence-corrected chi connectivity index (χ0v) is 18.4. The molecule has 1 saturated heterocycles. The number of piperazine rings is 1. The number of fused-ring (bicyclic) bond motifs is 1. The molecule has 2 aromatic carbocycles. The lowest BCUT2D eigenvalue weighted by Crippen LogP contribution is -2.68. The molecule has 0 radical (unpaired) electrons. The van der Waals surface area contributed by atoms with E-state index in [4.69, 9.17) is 0 Å². The normalized spacial score (nSPS) is 22.7. The number of aryl methyl sites for hydroxylation is 2. The molecular weight excluding hydrogens is 409 g/mol. The fourth-order valence-corrected chi connectivity index (χ4v) is 4.68. The highest BCUT2D eigenvalue weighted by molar-refractivity contribution is 6.01. The second-order valence-corrected chi connectivity index (χ2v) is 8.75. The van der Waals surface area contributed by atoms with E-state index in [2.05, 4.69) is 10.6 Å². The van der Waals surface area contributed by atoms with Gasteiger partial charge in [-0.15, -0.1) is 0 Å². The molecular formula is C25H28FN3O3. The molecule has 7 heteroatoms. The maximum atomic E-state index is 13.4. The van der Waals surface area contributed by atoms with E-state index in [9.17, 15) is 18.8 Å². The van der Waals surface area contributed by atoms with Crippen molar-refractivity contribution in [1.29, 1.82) is 0 Å². The van der Waals surface area contributed by atoms with Crippen molar-refractivity contribution in [3.8, 4) is 0 Å². The number of nitrogens with one attached hydrogen (secondary N) is 2. The molecule has 1 heterocycles. The molecule has 1 aliphatic heterocycles. The third-order valence-electron chi connectivity index (χ3n) is 6.55. The van der Waals surface area contributed by atoms with Crippen LogP contribution in [0, 0.1) is 19.7 Å². The number of nitrogens with zero attached hydrogens (tertiary/aromatic N) is 1. The van der Waals surface area contributed by atoms with E-state index in [1.165, 1.54) is 24.3 Å². The Morgan fingerprint density at radius 2 is 1.78 bits per heavy atom. The number of carbonyl (C=O) groups is 3. The summed E-state index contributed by atoms with van der Waals surface area (Å²) in [4.78, 5) is 40.8. The first-order valence-electron chi connectivity index (χ1n) is 11.1. The van der Waals surface area contributed by atoms with Crippen LogP contribution >= 0.6 is 0 Å². The first-order valence-corrected chi connectivity index (χ1v) is 11.1. The summed E-state index contributed by atoms with van der Waals surface area (Å²) in [5.41, 5.74) is 3.14. The molecule has 2 aliphatic rings. The Kier molecular flexibility index (Phi) is 6.26. The van der Waals surface area contributed by atoms with Crippen LogP contribution in [-0.4, -0.2) is 40.7 Å². The third kappa shape index (κ3) is 4.52. The van der Waals surface area contributed by atoms with Gasteiger partial charge >= 0.3 is 0 Å². The minimum Gasteiger partial charge on any atom is -0.349 e. The highest BCUT2D eigenvalue weighted by Gasteiger charge is 2.46. The van der Waals surface area contributed by atoms with Crippen LogP contribution in [0.1, 0.15) is 53.6 Å². The van der Waals surface area contributed by atoms with Gasteiger partial charge in [0, 0.05) is 17.3 Å². The number of anilines is 1. The molecule has 6 nitrogen and oxygen atoms in total. The molecule has 2 aromatic rings. The van der Waals surface area contributed by atoms with Gasteiger partial charge in [0.15, 0.2) is 0 Å². The van der Waals surface area contributed by atoms with Crippen LogP contribution in [0.15, 0.2) is 42.5 Å². The number of hydrogen-bond donors (Lipinski definition) is 2. The quantitative estimate of drug-likeness (QED) is 0.765. The van der Waals surface area contributed by atoms with E-state index >= 15 is 0 Å². The topological polar surface area (TPSA) is 78.5 Å². The summed E-state index contributed by atoms with van der Waals surface area (Å²) < 4.78 is 13.4. The fraction of sp³-hybridized carbons (Fsp3) is 0.400. The van der Waals surface area contributed by atoms with Crippen LogP contribution in [0.4, 0.5) is 10.1 Å². The van der Waals surface area contributed by atoms with Gasteiger partial charge in [-0.1, -0.05) is 18.9 Å². The summed E-state index contributed by atoms with van der Waals surface area (Å²) >= 11 is 0. The van der Waals surface area contributed by atoms with Crippen LogP contribution in [0.5, 0.6) is 0 Å². The number of amides is 3. The molecule has 3 amide bonds. The SMILES string of the molecule is Cc1ccc(NC(=O)C[C@@H]2C(=O)N[C@@H]3CCCC[C@H]3N2C(=O)c2ccc(F)cc2)cc1C. The Morgan fingerprint density at radius 1 is 1.06 bits per heavy atom. The molecule has 0 spiro atoms. The minimum absolute atomic E-state index is 0.125. The Bertz CT molecular complexity index is 1040. The number of carbonyl (C=O) groups excluding carboxylic acids is 3. The Labute approximate surface area is 187 Å². The summed E-state index contributed by atoms with van der Waals surface area (Å²) in [6.45, 7) is 3.96. The molecule has 2 fully saturated rings. The van der Waals surface area contributed by atoms with Crippen molar-refractivity contribution in [3.63, 3.8) is 0 Å². The van der Waals surface area contributed by atoms with Crippen LogP contribution in [0.3, 0.4) is 0 Å². The van der Waals surface area contributed by atoms with Gasteiger partial charge in [0.25, 0.3) is 5.91 Å². The average molecular weight is 438 g/mol. The molecule has 1 saturated carbocycles. The van der Waals surface area contributed by atoms with Gasteiger partial charge in [-0.25, -0.2) is 4.39 Å². The zero-order chi connectivity index (χ0) is 22.8. The second-order valence-electron chi connectivity index (χ2n) is 8.75. The standard InChI is InChI=1S/C25H28FN3O3/c1-15-7-12-19(13-16(15)2)27-23(30)14-22-24(31)28-20-5-3-4-6-21(20)29(22)25(32)17-8-10-18(26)11-9-17/h7-13,20-22H,3-6,14H2,1-2H3,(H,27,30)(H,28,31)/t20-,21-,22-/m1/s1. The summed E-state index contributed by atoms with van der Waals surface area (Å²) in [7, 11) is 0. The molecule has 0 bridgehead atoms. The van der Waals surface area contributed by atoms with Gasteiger partial charge in [0.05, 0.1) is 12.5 Å². The number of hydrogen-bond acceptors (Lipinski definition) is 3. The number of halogens is 1. The minimum atomic E-state index is -0.918. The molecule has 0 unspecified atom stereocenters. The van der Waals surface area contributed by atoms with Crippen molar-refractivity contribution in [1.82, 2.24) is 10.2 Å². The molecule has 3 atom stereocenters. The van der Waals surface area contributed by atoms with Crippen LogP contribution in [0.2, 0.25) is 0 Å². The molecule has 32 heavy (non-hydrogen) atoms. The average Bonchev–Trinajstić information content (AvgIpc) is 2.77. The van der Waals surface area contributed by atoms with E-state index in [0.717, 1.165) is 36.8 Å². The molecule has 4 rings (SSSR count). The first kappa shape index (κ1) is 22.0. The van der Waals surface area contributed by atoms with E-state index in [0.29, 0.717) is 11.3 Å². The van der Waals surface area contributed by atoms with Gasteiger partial charge in [0.1, 0.15) is 11.9 Å². The Balaban J connectivity index is 1.58. The van der Waals surface area contributed by atoms with Gasteiger partial charge in [-0.3, -0.25) is 14.4 Å². The van der Waals surface area contributed by atoms with Crippen LogP contribution in [-0.2, 0) is 9.59 Å². The summed E-state index contributed by atoms with van der Waals surface area (Å²) in [5.74, 6) is -1.43. The molecule has 2 N–H and O–H groups in total. The largest absolute Gasteiger partial charge is 0.349 e. The Morgan fingerprint density at radius 3 is 2.50 bits per heavy atom. The predicted octanol–water partition coefficient (Wildman–Crippen LogP) is 3.72. The lowest BCUT2D eigenvalue weighted by atomic mass is 9.84. The van der Waals surface area contributed by atoms with E-state index in [1.807, 2.05) is 32.0 Å². The van der Waals surface area contributed by atoms with E-state index < -0.39 is 11.9 Å². The number of rotatable bonds is 4. The van der Waals surface area contributed by atoms with Crippen LogP contribution in [0.25, 0.3) is 0 Å². The highest BCUT2D eigenvalue weighted by atomic mass is 19.1. The van der Waals surface area contributed by atoms with Crippen molar-refractivity contribution in [2.24, 2.45) is 0 Å². The molecule has 168 valence electrons. The van der Waals surface area contributed by atoms with Gasteiger partial charge in [-0.2, -0.15) is 0 Å². The smallest absolute Gasteiger partial charge is 0.254 e. The van der Waals surface area contributed by atoms with Crippen molar-refractivity contribution in [3.05, 3.63) is 65.0 Å². The third-order valence-corrected chi connectivity index (χ3v) is 6.55. The van der Waals surface area contributed by atoms with Gasteiger partial charge in [-0.05, 0) is 74.2 Å². The van der Waals surface area contributed by atoms with Crippen LogP contribution < -0.4 is 10.6 Å². The Hall–Kier alpha value is -3.22. The van der Waals surface area contributed by atoms with Gasteiger partial charge < -0.3 is 15.5 Å². The highest BCUT2D eigenvalue weighted by Crippen LogP contribution is 2.31. The maximum Gasteiger partial charge on any atom is 0.254 e. The maximum absolute atomic E-state index is 13.4. The summed E-state index contributed by atoms with van der Waals surface area (Å²) in [5, 5.41) is 5.88. The number of benzene rings is 2. The van der Waals surface area contributed by atoms with Gasteiger partial charge in [0.2, 0.25) is 11.8 Å². The summed E-state index contributed by atoms with van der Waals surface area (Å²) in [6, 6.07) is 9.72.